The van der Waals surface area contributed by atoms with Crippen molar-refractivity contribution in [2.45, 2.75) is 13.5 Å². The third kappa shape index (κ3) is 5.40. The second kappa shape index (κ2) is 10.2. The molecule has 0 radical (unpaired) electrons. The van der Waals surface area contributed by atoms with Gasteiger partial charge in [0.2, 0.25) is 5.95 Å². The molecule has 2 aromatic carbocycles. The van der Waals surface area contributed by atoms with E-state index < -0.39 is 0 Å². The van der Waals surface area contributed by atoms with Crippen molar-refractivity contribution in [2.24, 2.45) is 0 Å². The lowest BCUT2D eigenvalue weighted by Gasteiger charge is -2.27. The number of nitrogens with one attached hydrogen (secondary N) is 1. The number of rotatable bonds is 7. The zero-order valence-corrected chi connectivity index (χ0v) is 21.1. The highest BCUT2D eigenvalue weighted by molar-refractivity contribution is 6.30. The maximum absolute atomic E-state index is 6.07. The molecule has 0 spiro atoms. The molecule has 2 aromatic heterocycles. The molecule has 1 saturated heterocycles. The molecular formula is C26H30ClN7O. The molecule has 182 valence electrons. The van der Waals surface area contributed by atoms with Crippen molar-refractivity contribution in [3.8, 4) is 11.3 Å². The standard InChI is InChI=1S/C26H30ClN7O/c1-18-22-9-4-19(16-24(22)34(31-18)11-10-32(2)3)23-17-25(28-21-7-5-20(27)6-8-21)30-26(29-23)33-12-14-35-15-13-33/h4-9,16-17H,10-15H2,1-3H3,(H,28,29,30). The highest BCUT2D eigenvalue weighted by Gasteiger charge is 2.17. The molecule has 0 unspecified atom stereocenters. The van der Waals surface area contributed by atoms with Crippen LogP contribution in [0.4, 0.5) is 17.5 Å². The van der Waals surface area contributed by atoms with Gasteiger partial charge in [0, 0.05) is 47.4 Å². The highest BCUT2D eigenvalue weighted by atomic mass is 35.5. The largest absolute Gasteiger partial charge is 0.378 e. The Labute approximate surface area is 210 Å². The lowest BCUT2D eigenvalue weighted by Crippen LogP contribution is -2.37. The van der Waals surface area contributed by atoms with Crippen LogP contribution in [0.1, 0.15) is 5.69 Å². The Bertz CT molecular complexity index is 1310. The van der Waals surface area contributed by atoms with Gasteiger partial charge in [0.1, 0.15) is 5.82 Å². The van der Waals surface area contributed by atoms with Gasteiger partial charge in [-0.1, -0.05) is 23.7 Å². The number of halogens is 1. The van der Waals surface area contributed by atoms with Crippen LogP contribution >= 0.6 is 11.6 Å². The first-order chi connectivity index (χ1) is 17.0. The SMILES string of the molecule is Cc1nn(CCN(C)C)c2cc(-c3cc(Nc4ccc(Cl)cc4)nc(N4CCOCC4)n3)ccc12. The van der Waals surface area contributed by atoms with Crippen LogP contribution in [-0.2, 0) is 11.3 Å². The fourth-order valence-corrected chi connectivity index (χ4v) is 4.32. The zero-order valence-electron chi connectivity index (χ0n) is 20.3. The van der Waals surface area contributed by atoms with Crippen molar-refractivity contribution in [3.63, 3.8) is 0 Å². The molecule has 0 saturated carbocycles. The van der Waals surface area contributed by atoms with Gasteiger partial charge < -0.3 is 19.9 Å². The molecule has 35 heavy (non-hydrogen) atoms. The average molecular weight is 492 g/mol. The molecule has 8 nitrogen and oxygen atoms in total. The molecule has 0 atom stereocenters. The van der Waals surface area contributed by atoms with E-state index in [2.05, 4.69) is 59.0 Å². The summed E-state index contributed by atoms with van der Waals surface area (Å²) in [5, 5.41) is 10.1. The minimum absolute atomic E-state index is 0.670. The third-order valence-electron chi connectivity index (χ3n) is 6.12. The van der Waals surface area contributed by atoms with Crippen LogP contribution in [0, 0.1) is 6.92 Å². The van der Waals surface area contributed by atoms with E-state index in [0.29, 0.717) is 24.2 Å². The molecular weight excluding hydrogens is 462 g/mol. The van der Waals surface area contributed by atoms with Crippen LogP contribution in [0.2, 0.25) is 5.02 Å². The van der Waals surface area contributed by atoms with Crippen molar-refractivity contribution in [3.05, 3.63) is 59.2 Å². The minimum atomic E-state index is 0.670. The van der Waals surface area contributed by atoms with Gasteiger partial charge in [-0.05, 0) is 51.4 Å². The first kappa shape index (κ1) is 23.5. The summed E-state index contributed by atoms with van der Waals surface area (Å²) in [6.07, 6.45) is 0. The van der Waals surface area contributed by atoms with Crippen LogP contribution < -0.4 is 10.2 Å². The number of hydrogen-bond donors (Lipinski definition) is 1. The van der Waals surface area contributed by atoms with E-state index in [1.54, 1.807) is 0 Å². The van der Waals surface area contributed by atoms with Crippen LogP contribution in [0.15, 0.2) is 48.5 Å². The van der Waals surface area contributed by atoms with Crippen LogP contribution in [0.3, 0.4) is 0 Å². The summed E-state index contributed by atoms with van der Waals surface area (Å²) >= 11 is 6.07. The zero-order chi connectivity index (χ0) is 24.4. The topological polar surface area (TPSA) is 71.3 Å². The van der Waals surface area contributed by atoms with E-state index in [1.165, 1.54) is 0 Å². The summed E-state index contributed by atoms with van der Waals surface area (Å²) < 4.78 is 7.63. The fraction of sp³-hybridized carbons (Fsp3) is 0.346. The molecule has 3 heterocycles. The van der Waals surface area contributed by atoms with Gasteiger partial charge in [0.25, 0.3) is 0 Å². The fourth-order valence-electron chi connectivity index (χ4n) is 4.20. The van der Waals surface area contributed by atoms with Crippen LogP contribution in [0.5, 0.6) is 0 Å². The Hall–Kier alpha value is -3.20. The minimum Gasteiger partial charge on any atom is -0.378 e. The normalized spacial score (nSPS) is 14.1. The average Bonchev–Trinajstić information content (AvgIpc) is 3.19. The van der Waals surface area contributed by atoms with E-state index in [4.69, 9.17) is 31.4 Å². The summed E-state index contributed by atoms with van der Waals surface area (Å²) in [5.74, 6) is 1.43. The van der Waals surface area contributed by atoms with Gasteiger partial charge in [0.05, 0.1) is 36.7 Å². The molecule has 9 heteroatoms. The molecule has 4 aromatic rings. The predicted molar refractivity (Wildman–Crippen MR) is 142 cm³/mol. The molecule has 1 aliphatic heterocycles. The summed E-state index contributed by atoms with van der Waals surface area (Å²) in [4.78, 5) is 14.1. The van der Waals surface area contributed by atoms with Crippen LogP contribution in [0.25, 0.3) is 22.2 Å². The Morgan fingerprint density at radius 1 is 1.03 bits per heavy atom. The number of anilines is 3. The van der Waals surface area contributed by atoms with Gasteiger partial charge in [-0.3, -0.25) is 4.68 Å². The van der Waals surface area contributed by atoms with E-state index in [-0.39, 0.29) is 0 Å². The van der Waals surface area contributed by atoms with Crippen molar-refractivity contribution in [1.29, 1.82) is 0 Å². The van der Waals surface area contributed by atoms with Gasteiger partial charge in [-0.25, -0.2) is 4.98 Å². The first-order valence-electron chi connectivity index (χ1n) is 11.8. The maximum atomic E-state index is 6.07. The molecule has 1 aliphatic rings. The second-order valence-corrected chi connectivity index (χ2v) is 9.45. The molecule has 0 aliphatic carbocycles. The summed E-state index contributed by atoms with van der Waals surface area (Å²) in [6.45, 7) is 6.67. The number of benzene rings is 2. The van der Waals surface area contributed by atoms with E-state index >= 15 is 0 Å². The molecule has 5 rings (SSSR count). The smallest absolute Gasteiger partial charge is 0.228 e. The van der Waals surface area contributed by atoms with Crippen LogP contribution in [-0.4, -0.2) is 71.6 Å². The summed E-state index contributed by atoms with van der Waals surface area (Å²) in [7, 11) is 4.15. The number of nitrogens with zero attached hydrogens (tertiary/aromatic N) is 6. The predicted octanol–water partition coefficient (Wildman–Crippen LogP) is 4.60. The van der Waals surface area contributed by atoms with Crippen molar-refractivity contribution < 1.29 is 4.74 Å². The first-order valence-corrected chi connectivity index (χ1v) is 12.2. The Morgan fingerprint density at radius 2 is 1.80 bits per heavy atom. The number of hydrogen-bond acceptors (Lipinski definition) is 7. The second-order valence-electron chi connectivity index (χ2n) is 9.01. The lowest BCUT2D eigenvalue weighted by molar-refractivity contribution is 0.122. The van der Waals surface area contributed by atoms with E-state index in [0.717, 1.165) is 65.5 Å². The summed E-state index contributed by atoms with van der Waals surface area (Å²) in [6, 6.07) is 16.0. The highest BCUT2D eigenvalue weighted by Crippen LogP contribution is 2.29. The van der Waals surface area contributed by atoms with Gasteiger partial charge >= 0.3 is 0 Å². The van der Waals surface area contributed by atoms with Crippen molar-refractivity contribution in [2.75, 3.05) is 57.2 Å². The Morgan fingerprint density at radius 3 is 2.54 bits per heavy atom. The number of aryl methyl sites for hydroxylation is 1. The summed E-state index contributed by atoms with van der Waals surface area (Å²) in [5.41, 5.74) is 4.95. The van der Waals surface area contributed by atoms with Crippen molar-refractivity contribution >= 4 is 40.0 Å². The third-order valence-corrected chi connectivity index (χ3v) is 6.37. The number of ether oxygens (including phenoxy) is 1. The molecule has 0 bridgehead atoms. The quantitative estimate of drug-likeness (QED) is 0.405. The van der Waals surface area contributed by atoms with Gasteiger partial charge in [-0.15, -0.1) is 0 Å². The number of fused-ring (bicyclic) bond motifs is 1. The van der Waals surface area contributed by atoms with Crippen molar-refractivity contribution in [1.82, 2.24) is 24.6 Å². The maximum Gasteiger partial charge on any atom is 0.228 e. The van der Waals surface area contributed by atoms with Gasteiger partial charge in [-0.2, -0.15) is 10.1 Å². The lowest BCUT2D eigenvalue weighted by atomic mass is 10.1. The Balaban J connectivity index is 1.55. The monoisotopic (exact) mass is 491 g/mol. The molecule has 1 N–H and O–H groups in total. The number of aromatic nitrogens is 4. The molecule has 0 amide bonds. The molecule has 1 fully saturated rings. The van der Waals surface area contributed by atoms with E-state index in [1.807, 2.05) is 30.3 Å². The van der Waals surface area contributed by atoms with E-state index in [9.17, 15) is 0 Å². The number of likely N-dealkylation sites (N-methyl/N-ethyl adjacent to an activating group) is 1. The number of morpholine rings is 1. The van der Waals surface area contributed by atoms with Gasteiger partial charge in [0.15, 0.2) is 0 Å². The Kier molecular flexibility index (Phi) is 6.86.